The van der Waals surface area contributed by atoms with E-state index in [0.717, 1.165) is 36.3 Å². The Bertz CT molecular complexity index is 958. The van der Waals surface area contributed by atoms with Crippen molar-refractivity contribution in [3.05, 3.63) is 71.9 Å². The van der Waals surface area contributed by atoms with Crippen LogP contribution in [0.4, 0.5) is 18.9 Å². The molecule has 1 aliphatic rings. The van der Waals surface area contributed by atoms with Crippen molar-refractivity contribution < 1.29 is 22.5 Å². The number of allylic oxidation sites excluding steroid dienone is 1. The molecule has 31 heavy (non-hydrogen) atoms. The first-order chi connectivity index (χ1) is 14.7. The first kappa shape index (κ1) is 22.9. The van der Waals surface area contributed by atoms with E-state index in [0.29, 0.717) is 18.7 Å². The van der Waals surface area contributed by atoms with Crippen LogP contribution in [0.2, 0.25) is 0 Å². The summed E-state index contributed by atoms with van der Waals surface area (Å²) in [6.45, 7) is 10.8. The van der Waals surface area contributed by atoms with Gasteiger partial charge in [-0.25, -0.2) is 0 Å². The lowest BCUT2D eigenvalue weighted by molar-refractivity contribution is -0.439. The Morgan fingerprint density at radius 1 is 1.03 bits per heavy atom. The molecule has 0 radical (unpaired) electrons. The van der Waals surface area contributed by atoms with Crippen molar-refractivity contribution in [1.29, 1.82) is 0 Å². The van der Waals surface area contributed by atoms with E-state index in [9.17, 15) is 13.2 Å². The third-order valence-corrected chi connectivity index (χ3v) is 5.80. The maximum absolute atomic E-state index is 13.4. The van der Waals surface area contributed by atoms with Crippen molar-refractivity contribution in [2.45, 2.75) is 39.3 Å². The average molecular weight is 432 g/mol. The van der Waals surface area contributed by atoms with Crippen LogP contribution in [0, 0.1) is 0 Å². The minimum absolute atomic E-state index is 0.420. The van der Waals surface area contributed by atoms with Crippen LogP contribution in [0.5, 0.6) is 5.75 Å². The number of hydrogen-bond donors (Lipinski definition) is 0. The maximum atomic E-state index is 13.4. The molecule has 1 heterocycles. The standard InChI is InChI=1S/C25H30F3N2O/c1-5-29(6-2)15-14-23-24(3,4)21-18-19(25(26,27)28)12-13-22(21)30(23)16-17-31-20-10-8-7-9-11-20/h7-15,18H,5-6,16-17H2,1-4H3/q+1. The van der Waals surface area contributed by atoms with Crippen LogP contribution >= 0.6 is 0 Å². The van der Waals surface area contributed by atoms with Crippen molar-refractivity contribution in [3.63, 3.8) is 0 Å². The second-order valence-corrected chi connectivity index (χ2v) is 8.09. The van der Waals surface area contributed by atoms with Crippen molar-refractivity contribution in [2.75, 3.05) is 26.2 Å². The predicted molar refractivity (Wildman–Crippen MR) is 118 cm³/mol. The minimum Gasteiger partial charge on any atom is -0.487 e. The molecule has 0 amide bonds. The van der Waals surface area contributed by atoms with Gasteiger partial charge in [-0.05, 0) is 52.0 Å². The number of benzene rings is 2. The largest absolute Gasteiger partial charge is 0.487 e. The van der Waals surface area contributed by atoms with Gasteiger partial charge in [0.15, 0.2) is 12.3 Å². The van der Waals surface area contributed by atoms with E-state index < -0.39 is 17.2 Å². The van der Waals surface area contributed by atoms with Gasteiger partial charge in [-0.2, -0.15) is 17.7 Å². The van der Waals surface area contributed by atoms with E-state index in [4.69, 9.17) is 4.74 Å². The summed E-state index contributed by atoms with van der Waals surface area (Å²) in [7, 11) is 0. The Morgan fingerprint density at radius 3 is 2.32 bits per heavy atom. The summed E-state index contributed by atoms with van der Waals surface area (Å²) in [5.41, 5.74) is 1.27. The third kappa shape index (κ3) is 4.94. The smallest absolute Gasteiger partial charge is 0.416 e. The average Bonchev–Trinajstić information content (AvgIpc) is 2.95. The Kier molecular flexibility index (Phi) is 6.77. The molecule has 166 valence electrons. The summed E-state index contributed by atoms with van der Waals surface area (Å²) in [6.07, 6.45) is -0.312. The second-order valence-electron chi connectivity index (χ2n) is 8.09. The molecule has 0 aromatic heterocycles. The van der Waals surface area contributed by atoms with Crippen molar-refractivity contribution >= 4 is 11.4 Å². The summed E-state index contributed by atoms with van der Waals surface area (Å²) in [4.78, 5) is 2.16. The molecule has 0 N–H and O–H groups in total. The second kappa shape index (κ2) is 9.16. The Labute approximate surface area is 182 Å². The lowest BCUT2D eigenvalue weighted by Crippen LogP contribution is -2.30. The zero-order valence-corrected chi connectivity index (χ0v) is 18.5. The van der Waals surface area contributed by atoms with Gasteiger partial charge >= 0.3 is 6.18 Å². The normalized spacial score (nSPS) is 15.5. The van der Waals surface area contributed by atoms with E-state index in [1.165, 1.54) is 6.07 Å². The molecule has 0 atom stereocenters. The van der Waals surface area contributed by atoms with Crippen molar-refractivity contribution in [3.8, 4) is 5.75 Å². The summed E-state index contributed by atoms with van der Waals surface area (Å²) >= 11 is 0. The fourth-order valence-electron chi connectivity index (χ4n) is 3.97. The maximum Gasteiger partial charge on any atom is 0.416 e. The topological polar surface area (TPSA) is 15.5 Å². The fourth-order valence-corrected chi connectivity index (χ4v) is 3.97. The molecule has 1 aliphatic heterocycles. The lowest BCUT2D eigenvalue weighted by Gasteiger charge is -2.19. The van der Waals surface area contributed by atoms with Crippen LogP contribution < -0.4 is 4.74 Å². The number of rotatable bonds is 8. The third-order valence-electron chi connectivity index (χ3n) is 5.80. The molecule has 6 heteroatoms. The summed E-state index contributed by atoms with van der Waals surface area (Å²) in [5.74, 6) is 0.772. The highest BCUT2D eigenvalue weighted by molar-refractivity contribution is 6.03. The molecule has 0 saturated heterocycles. The zero-order valence-electron chi connectivity index (χ0n) is 18.5. The number of ether oxygens (including phenoxy) is 1. The minimum atomic E-state index is -4.37. The molecule has 0 aliphatic carbocycles. The molecule has 3 rings (SSSR count). The van der Waals surface area contributed by atoms with Crippen LogP contribution in [0.15, 0.2) is 60.8 Å². The van der Waals surface area contributed by atoms with Crippen LogP contribution in [0.1, 0.15) is 38.8 Å². The first-order valence-electron chi connectivity index (χ1n) is 10.6. The van der Waals surface area contributed by atoms with Gasteiger partial charge in [-0.3, -0.25) is 0 Å². The quantitative estimate of drug-likeness (QED) is 0.475. The van der Waals surface area contributed by atoms with E-state index in [1.807, 2.05) is 56.5 Å². The summed E-state index contributed by atoms with van der Waals surface area (Å²) in [6, 6.07) is 13.6. The number of fused-ring (bicyclic) bond motifs is 1. The zero-order chi connectivity index (χ0) is 22.6. The monoisotopic (exact) mass is 431 g/mol. The lowest BCUT2D eigenvalue weighted by atomic mass is 9.81. The van der Waals surface area contributed by atoms with Crippen molar-refractivity contribution in [1.82, 2.24) is 4.90 Å². The van der Waals surface area contributed by atoms with Crippen LogP contribution in [-0.2, 0) is 11.6 Å². The van der Waals surface area contributed by atoms with Gasteiger partial charge in [-0.1, -0.05) is 18.2 Å². The van der Waals surface area contributed by atoms with Gasteiger partial charge in [0, 0.05) is 37.0 Å². The van der Waals surface area contributed by atoms with Gasteiger partial charge < -0.3 is 9.64 Å². The summed E-state index contributed by atoms with van der Waals surface area (Å²) < 4.78 is 48.1. The fraction of sp³-hybridized carbons (Fsp3) is 0.400. The van der Waals surface area contributed by atoms with Crippen LogP contribution in [-0.4, -0.2) is 41.4 Å². The number of nitrogens with zero attached hydrogens (tertiary/aromatic N) is 2. The van der Waals surface area contributed by atoms with E-state index in [1.54, 1.807) is 6.07 Å². The highest BCUT2D eigenvalue weighted by Gasteiger charge is 2.46. The Balaban J connectivity index is 1.98. The van der Waals surface area contributed by atoms with Gasteiger partial charge in [0.1, 0.15) is 12.4 Å². The van der Waals surface area contributed by atoms with E-state index in [-0.39, 0.29) is 0 Å². The highest BCUT2D eigenvalue weighted by atomic mass is 19.4. The predicted octanol–water partition coefficient (Wildman–Crippen LogP) is 6.02. The molecule has 0 unspecified atom stereocenters. The van der Waals surface area contributed by atoms with E-state index in [2.05, 4.69) is 23.3 Å². The number of halogens is 3. The Morgan fingerprint density at radius 2 is 1.71 bits per heavy atom. The molecule has 2 aromatic carbocycles. The van der Waals surface area contributed by atoms with Gasteiger partial charge in [-0.15, -0.1) is 0 Å². The molecule has 0 spiro atoms. The molecular weight excluding hydrogens is 401 g/mol. The van der Waals surface area contributed by atoms with Crippen molar-refractivity contribution in [2.24, 2.45) is 0 Å². The molecule has 0 fully saturated rings. The number of alkyl halides is 3. The SMILES string of the molecule is CCN(/C=C/C1=[N+](CCOc2ccccc2)c2ccc(C(F)(F)F)cc2C1(C)C)CC. The molecule has 0 saturated carbocycles. The van der Waals surface area contributed by atoms with Gasteiger partial charge in [0.25, 0.3) is 0 Å². The van der Waals surface area contributed by atoms with E-state index >= 15 is 0 Å². The first-order valence-corrected chi connectivity index (χ1v) is 10.6. The molecule has 2 aromatic rings. The van der Waals surface area contributed by atoms with Crippen LogP contribution in [0.3, 0.4) is 0 Å². The van der Waals surface area contributed by atoms with Gasteiger partial charge in [0.2, 0.25) is 5.69 Å². The molecular formula is C25H30F3N2O+. The Hall–Kier alpha value is -2.76. The highest BCUT2D eigenvalue weighted by Crippen LogP contribution is 2.43. The van der Waals surface area contributed by atoms with Gasteiger partial charge in [0.05, 0.1) is 11.0 Å². The van der Waals surface area contributed by atoms with Crippen LogP contribution in [0.25, 0.3) is 0 Å². The summed E-state index contributed by atoms with van der Waals surface area (Å²) in [5, 5.41) is 0. The number of hydrogen-bond acceptors (Lipinski definition) is 2. The molecule has 3 nitrogen and oxygen atoms in total. The molecule has 0 bridgehead atoms. The number of para-hydroxylation sites is 1.